The van der Waals surface area contributed by atoms with Crippen LogP contribution in [0, 0.1) is 0 Å². The molecule has 0 aromatic heterocycles. The highest BCUT2D eigenvalue weighted by molar-refractivity contribution is 6.06. The highest BCUT2D eigenvalue weighted by Crippen LogP contribution is 2.00. The Morgan fingerprint density at radius 1 is 0.857 bits per heavy atom. The van der Waals surface area contributed by atoms with Crippen molar-refractivity contribution in [2.75, 3.05) is 0 Å². The molecule has 1 N–H and O–H groups in total. The zero-order valence-electron chi connectivity index (χ0n) is 11.5. The van der Waals surface area contributed by atoms with E-state index in [-0.39, 0.29) is 5.78 Å². The van der Waals surface area contributed by atoms with Gasteiger partial charge in [0.05, 0.1) is 0 Å². The lowest BCUT2D eigenvalue weighted by molar-refractivity contribution is -0.131. The van der Waals surface area contributed by atoms with Crippen LogP contribution >= 0.6 is 0 Å². The minimum Gasteiger partial charge on any atom is -0.478 e. The Hall–Kier alpha value is -2.94. The van der Waals surface area contributed by atoms with E-state index in [0.29, 0.717) is 5.56 Å². The molecule has 2 aromatic rings. The number of hydrogen-bond acceptors (Lipinski definition) is 2. The highest BCUT2D eigenvalue weighted by Gasteiger charge is 1.99. The minimum absolute atomic E-state index is 0.303. The monoisotopic (exact) mass is 280 g/mol. The Morgan fingerprint density at radius 2 is 1.38 bits per heavy atom. The van der Waals surface area contributed by atoms with Gasteiger partial charge in [-0.05, 0) is 11.6 Å². The van der Waals surface area contributed by atoms with Crippen molar-refractivity contribution in [3.05, 3.63) is 90.5 Å². The molecular weight excluding hydrogens is 264 g/mol. The summed E-state index contributed by atoms with van der Waals surface area (Å²) in [5.41, 5.74) is 1.66. The van der Waals surface area contributed by atoms with Crippen LogP contribution in [0.4, 0.5) is 0 Å². The van der Waals surface area contributed by atoms with E-state index in [0.717, 1.165) is 12.2 Å². The van der Waals surface area contributed by atoms with Crippen LogP contribution in [0.25, 0.3) is 6.08 Å². The van der Waals surface area contributed by atoms with Crippen LogP contribution in [0.2, 0.25) is 0 Å². The third-order valence-electron chi connectivity index (χ3n) is 2.47. The van der Waals surface area contributed by atoms with Gasteiger partial charge in [0, 0.05) is 11.6 Å². The molecule has 0 saturated heterocycles. The molecule has 3 nitrogen and oxygen atoms in total. The van der Waals surface area contributed by atoms with Crippen LogP contribution < -0.4 is 0 Å². The first-order valence-corrected chi connectivity index (χ1v) is 6.31. The summed E-state index contributed by atoms with van der Waals surface area (Å²) in [4.78, 5) is 21.3. The van der Waals surface area contributed by atoms with Gasteiger partial charge < -0.3 is 5.11 Å². The smallest absolute Gasteiger partial charge is 0.328 e. The fraction of sp³-hybridized carbons (Fsp3) is 0. The molecule has 3 heteroatoms. The Morgan fingerprint density at radius 3 is 1.81 bits per heavy atom. The molecule has 0 amide bonds. The number of ketones is 1. The zero-order valence-corrected chi connectivity index (χ0v) is 11.5. The quantitative estimate of drug-likeness (QED) is 0.684. The van der Waals surface area contributed by atoms with Gasteiger partial charge in [0.15, 0.2) is 5.78 Å². The average molecular weight is 280 g/mol. The maximum Gasteiger partial charge on any atom is 0.328 e. The second-order valence-corrected chi connectivity index (χ2v) is 4.02. The van der Waals surface area contributed by atoms with E-state index < -0.39 is 5.97 Å². The first-order chi connectivity index (χ1) is 10.1. The van der Waals surface area contributed by atoms with Gasteiger partial charge in [0.1, 0.15) is 0 Å². The van der Waals surface area contributed by atoms with E-state index >= 15 is 0 Å². The van der Waals surface area contributed by atoms with Crippen LogP contribution in [-0.2, 0) is 4.79 Å². The molecule has 0 aliphatic heterocycles. The number of carbonyl (C=O) groups is 2. The van der Waals surface area contributed by atoms with Gasteiger partial charge >= 0.3 is 5.97 Å². The number of hydrogen-bond donors (Lipinski definition) is 1. The van der Waals surface area contributed by atoms with E-state index in [4.69, 9.17) is 5.11 Å². The molecule has 0 spiro atoms. The molecule has 0 heterocycles. The van der Waals surface area contributed by atoms with Crippen molar-refractivity contribution in [2.24, 2.45) is 0 Å². The maximum absolute atomic E-state index is 11.2. The fourth-order valence-corrected chi connectivity index (χ4v) is 1.43. The first kappa shape index (κ1) is 16.1. The molecule has 2 aromatic carbocycles. The molecule has 0 unspecified atom stereocenters. The second kappa shape index (κ2) is 9.04. The fourth-order valence-electron chi connectivity index (χ4n) is 1.43. The van der Waals surface area contributed by atoms with Crippen molar-refractivity contribution in [2.45, 2.75) is 0 Å². The van der Waals surface area contributed by atoms with E-state index in [1.54, 1.807) is 30.3 Å². The van der Waals surface area contributed by atoms with Crippen molar-refractivity contribution in [1.82, 2.24) is 0 Å². The minimum atomic E-state index is -1.12. The van der Waals surface area contributed by atoms with Crippen LogP contribution in [0.1, 0.15) is 15.9 Å². The van der Waals surface area contributed by atoms with Crippen molar-refractivity contribution >= 4 is 17.8 Å². The van der Waals surface area contributed by atoms with Crippen LogP contribution in [0.5, 0.6) is 0 Å². The van der Waals surface area contributed by atoms with Gasteiger partial charge in [-0.15, -0.1) is 0 Å². The average Bonchev–Trinajstić information content (AvgIpc) is 2.54. The lowest BCUT2D eigenvalue weighted by Crippen LogP contribution is -1.95. The molecule has 2 rings (SSSR count). The summed E-state index contributed by atoms with van der Waals surface area (Å²) in [5, 5.41) is 8.27. The number of carboxylic acid groups (broad SMARTS) is 1. The Balaban J connectivity index is 0.000000235. The predicted octanol–water partition coefficient (Wildman–Crippen LogP) is 3.84. The van der Waals surface area contributed by atoms with Crippen molar-refractivity contribution in [1.29, 1.82) is 0 Å². The van der Waals surface area contributed by atoms with Gasteiger partial charge in [-0.25, -0.2) is 4.79 Å². The summed E-state index contributed by atoms with van der Waals surface area (Å²) >= 11 is 0. The lowest BCUT2D eigenvalue weighted by atomic mass is 10.1. The van der Waals surface area contributed by atoms with Gasteiger partial charge in [-0.2, -0.15) is 0 Å². The number of rotatable bonds is 4. The number of aliphatic carboxylic acids is 1. The lowest BCUT2D eigenvalue weighted by Gasteiger charge is -1.92. The molecule has 0 bridgehead atoms. The molecule has 0 saturated carbocycles. The second-order valence-electron chi connectivity index (χ2n) is 4.02. The number of carbonyl (C=O) groups excluding carboxylic acids is 1. The number of benzene rings is 2. The topological polar surface area (TPSA) is 54.4 Å². The van der Waals surface area contributed by atoms with Gasteiger partial charge in [-0.3, -0.25) is 4.79 Å². The summed E-state index contributed by atoms with van der Waals surface area (Å²) < 4.78 is 0. The summed E-state index contributed by atoms with van der Waals surface area (Å²) in [6, 6.07) is 18.5. The van der Waals surface area contributed by atoms with E-state index in [2.05, 4.69) is 6.58 Å². The van der Waals surface area contributed by atoms with E-state index in [1.165, 1.54) is 5.56 Å². The normalized spacial score (nSPS) is 9.52. The molecule has 21 heavy (non-hydrogen) atoms. The van der Waals surface area contributed by atoms with Gasteiger partial charge in [0.2, 0.25) is 0 Å². The molecule has 0 fully saturated rings. The molecule has 0 radical (unpaired) electrons. The number of allylic oxidation sites excluding steroid dienone is 1. The summed E-state index contributed by atoms with van der Waals surface area (Å²) in [7, 11) is 0. The summed E-state index contributed by atoms with van der Waals surface area (Å²) in [5.74, 6) is -1.42. The largest absolute Gasteiger partial charge is 0.478 e. The number of carboxylic acids is 1. The van der Waals surface area contributed by atoms with Crippen LogP contribution in [-0.4, -0.2) is 16.9 Å². The predicted molar refractivity (Wildman–Crippen MR) is 84.1 cm³/mol. The third-order valence-corrected chi connectivity index (χ3v) is 2.47. The molecule has 0 aliphatic carbocycles. The summed E-state index contributed by atoms with van der Waals surface area (Å²) in [6.07, 6.45) is 3.70. The first-order valence-electron chi connectivity index (χ1n) is 6.31. The van der Waals surface area contributed by atoms with E-state index in [9.17, 15) is 9.59 Å². The third kappa shape index (κ3) is 6.68. The molecular formula is C18H16O3. The Labute approximate surface area is 123 Å². The zero-order chi connectivity index (χ0) is 15.5. The molecule has 106 valence electrons. The van der Waals surface area contributed by atoms with Crippen LogP contribution in [0.3, 0.4) is 0 Å². The standard InChI is InChI=1S/C10H8O3.C8H8/c11-9(6-7-10(12)13)8-4-2-1-3-5-8;1-2-8-6-4-3-5-7-8/h1-7H,(H,12,13);2-7H,1H2. The molecule has 0 atom stereocenters. The summed E-state index contributed by atoms with van der Waals surface area (Å²) in [6.45, 7) is 3.63. The van der Waals surface area contributed by atoms with E-state index in [1.807, 2.05) is 36.4 Å². The van der Waals surface area contributed by atoms with Crippen molar-refractivity contribution in [3.63, 3.8) is 0 Å². The van der Waals surface area contributed by atoms with Crippen molar-refractivity contribution < 1.29 is 14.7 Å². The van der Waals surface area contributed by atoms with Crippen molar-refractivity contribution in [3.8, 4) is 0 Å². The SMILES string of the molecule is C=Cc1ccccc1.O=C(O)C=CC(=O)c1ccccc1. The Kier molecular flexibility index (Phi) is 6.94. The van der Waals surface area contributed by atoms with Gasteiger partial charge in [0.25, 0.3) is 0 Å². The Bertz CT molecular complexity index is 613. The highest BCUT2D eigenvalue weighted by atomic mass is 16.4. The van der Waals surface area contributed by atoms with Gasteiger partial charge in [-0.1, -0.05) is 73.3 Å². The maximum atomic E-state index is 11.2. The van der Waals surface area contributed by atoms with Crippen LogP contribution in [0.15, 0.2) is 79.4 Å². The molecule has 0 aliphatic rings.